The van der Waals surface area contributed by atoms with Gasteiger partial charge in [0.15, 0.2) is 0 Å². The number of hydrogen-bond acceptors (Lipinski definition) is 2. The van der Waals surface area contributed by atoms with Crippen molar-refractivity contribution < 1.29 is 0 Å². The minimum atomic E-state index is -0.0706. The topological polar surface area (TPSA) is 6.48 Å². The van der Waals surface area contributed by atoms with Gasteiger partial charge in [0.2, 0.25) is 0 Å². The van der Waals surface area contributed by atoms with E-state index in [1.807, 2.05) is 0 Å². The maximum Gasteiger partial charge on any atom is 0.0546 e. The van der Waals surface area contributed by atoms with Crippen molar-refractivity contribution >= 4 is 44.9 Å². The fourth-order valence-corrected chi connectivity index (χ4v) is 12.6. The molecule has 0 bridgehead atoms. The third-order valence-corrected chi connectivity index (χ3v) is 15.0. The molecule has 0 heterocycles. The Morgan fingerprint density at radius 3 is 1.38 bits per heavy atom. The maximum atomic E-state index is 2.68. The van der Waals surface area contributed by atoms with Crippen molar-refractivity contribution in [3.63, 3.8) is 0 Å². The fourth-order valence-electron chi connectivity index (χ4n) is 12.6. The number of para-hydroxylation sites is 3. The lowest BCUT2D eigenvalue weighted by Gasteiger charge is -2.49. The second kappa shape index (κ2) is 15.0. The highest BCUT2D eigenvalue weighted by molar-refractivity contribution is 6.19. The smallest absolute Gasteiger partial charge is 0.0546 e. The van der Waals surface area contributed by atoms with E-state index in [1.165, 1.54) is 142 Å². The summed E-state index contributed by atoms with van der Waals surface area (Å²) in [5, 5.41) is 2.66. The van der Waals surface area contributed by atoms with Crippen LogP contribution in [0.15, 0.2) is 182 Å². The van der Waals surface area contributed by atoms with Gasteiger partial charge in [0.25, 0.3) is 0 Å². The van der Waals surface area contributed by atoms with Gasteiger partial charge in [-0.05, 0) is 154 Å². The van der Waals surface area contributed by atoms with Crippen LogP contribution in [0, 0.1) is 11.8 Å². The summed E-state index contributed by atoms with van der Waals surface area (Å²) in [6.07, 6.45) is 13.2. The molecule has 4 aliphatic carbocycles. The predicted molar refractivity (Wildman–Crippen MR) is 257 cm³/mol. The molecule has 4 aliphatic rings. The molecule has 0 N–H and O–H groups in total. The molecule has 2 heteroatoms. The van der Waals surface area contributed by atoms with Gasteiger partial charge in [-0.25, -0.2) is 0 Å². The van der Waals surface area contributed by atoms with Crippen molar-refractivity contribution in [2.75, 3.05) is 9.80 Å². The molecule has 0 amide bonds. The molecule has 0 spiro atoms. The van der Waals surface area contributed by atoms with Crippen molar-refractivity contribution in [3.05, 3.63) is 193 Å². The molecular formula is C59H52N2. The Balaban J connectivity index is 1.11. The lowest BCUT2D eigenvalue weighted by molar-refractivity contribution is 0.137. The van der Waals surface area contributed by atoms with Gasteiger partial charge >= 0.3 is 0 Å². The number of benzene rings is 8. The van der Waals surface area contributed by atoms with Crippen LogP contribution in [-0.2, 0) is 5.41 Å². The van der Waals surface area contributed by atoms with Crippen LogP contribution in [0.25, 0.3) is 44.2 Å². The van der Waals surface area contributed by atoms with Crippen molar-refractivity contribution in [2.24, 2.45) is 11.8 Å². The number of hydrogen-bond donors (Lipinski definition) is 0. The van der Waals surface area contributed by atoms with E-state index in [0.717, 1.165) is 0 Å². The van der Waals surface area contributed by atoms with E-state index >= 15 is 0 Å². The van der Waals surface area contributed by atoms with E-state index in [4.69, 9.17) is 0 Å². The minimum Gasteiger partial charge on any atom is -0.310 e. The highest BCUT2D eigenvalue weighted by Crippen LogP contribution is 2.64. The summed E-state index contributed by atoms with van der Waals surface area (Å²) in [6.45, 7) is 0. The third kappa shape index (κ3) is 5.75. The molecule has 298 valence electrons. The van der Waals surface area contributed by atoms with E-state index in [0.29, 0.717) is 11.8 Å². The highest BCUT2D eigenvalue weighted by Gasteiger charge is 2.53. The zero-order valence-electron chi connectivity index (χ0n) is 34.9. The first-order valence-electron chi connectivity index (χ1n) is 23.0. The van der Waals surface area contributed by atoms with Crippen LogP contribution in [0.4, 0.5) is 34.1 Å². The SMILES string of the molecule is c1ccc(N(c2ccccc2)c2ccc3c(c2)C(C2CCCCC2)(C2CCCCC2)c2cc(N(c4ccccc4)c4ccc5cccc6c5c4-c4ccccc4-6)ccc2-3)cc1. The number of fused-ring (bicyclic) bond motifs is 6. The molecular weight excluding hydrogens is 737 g/mol. The predicted octanol–water partition coefficient (Wildman–Crippen LogP) is 16.9. The normalized spacial score (nSPS) is 16.5. The van der Waals surface area contributed by atoms with Crippen molar-refractivity contribution in [2.45, 2.75) is 69.6 Å². The van der Waals surface area contributed by atoms with Crippen LogP contribution < -0.4 is 9.80 Å². The molecule has 8 aromatic carbocycles. The van der Waals surface area contributed by atoms with Gasteiger partial charge in [0.05, 0.1) is 5.69 Å². The van der Waals surface area contributed by atoms with E-state index in [-0.39, 0.29) is 5.41 Å². The second-order valence-corrected chi connectivity index (χ2v) is 18.1. The lowest BCUT2D eigenvalue weighted by atomic mass is 9.54. The van der Waals surface area contributed by atoms with Gasteiger partial charge in [-0.3, -0.25) is 0 Å². The van der Waals surface area contributed by atoms with E-state index in [9.17, 15) is 0 Å². The zero-order valence-corrected chi connectivity index (χ0v) is 34.9. The summed E-state index contributed by atoms with van der Waals surface area (Å²) in [7, 11) is 0. The summed E-state index contributed by atoms with van der Waals surface area (Å²) in [6, 6.07) is 68.9. The molecule has 2 saturated carbocycles. The average Bonchev–Trinajstić information content (AvgIpc) is 3.83. The van der Waals surface area contributed by atoms with E-state index in [1.54, 1.807) is 11.1 Å². The first kappa shape index (κ1) is 36.5. The monoisotopic (exact) mass is 788 g/mol. The molecule has 0 atom stereocenters. The Bertz CT molecular complexity index is 2830. The van der Waals surface area contributed by atoms with Crippen molar-refractivity contribution in [3.8, 4) is 33.4 Å². The third-order valence-electron chi connectivity index (χ3n) is 15.0. The molecule has 2 fully saturated rings. The quantitative estimate of drug-likeness (QED) is 0.151. The van der Waals surface area contributed by atoms with E-state index < -0.39 is 0 Å². The lowest BCUT2D eigenvalue weighted by Crippen LogP contribution is -2.44. The molecule has 0 radical (unpaired) electrons. The first-order valence-corrected chi connectivity index (χ1v) is 23.0. The number of nitrogens with zero attached hydrogens (tertiary/aromatic N) is 2. The second-order valence-electron chi connectivity index (χ2n) is 18.1. The standard InChI is InChI=1S/C59H52N2/c1-6-20-42(21-7-1)59(43-22-8-2-9-23-43)54-39-47(60(44-24-10-3-11-25-44)45-26-12-4-13-27-45)34-36-50(54)51-37-35-48(40-55(51)59)61(46-28-14-5-15-29-46)56-38-33-41-19-18-32-52-49-30-16-17-31-53(49)58(56)57(41)52/h3-5,10-19,24-40,42-43H,1-2,6-9,20-23H2. The Morgan fingerprint density at radius 2 is 0.820 bits per heavy atom. The Kier molecular flexibility index (Phi) is 8.94. The number of rotatable bonds is 8. The van der Waals surface area contributed by atoms with Crippen LogP contribution >= 0.6 is 0 Å². The Morgan fingerprint density at radius 1 is 0.344 bits per heavy atom. The molecule has 0 aliphatic heterocycles. The van der Waals surface area contributed by atoms with Gasteiger partial charge in [-0.2, -0.15) is 0 Å². The molecule has 2 nitrogen and oxygen atoms in total. The summed E-state index contributed by atoms with van der Waals surface area (Å²) < 4.78 is 0. The Labute approximate surface area is 361 Å². The van der Waals surface area contributed by atoms with Gasteiger partial charge in [0, 0.05) is 39.4 Å². The number of anilines is 6. The summed E-state index contributed by atoms with van der Waals surface area (Å²) in [5.41, 5.74) is 18.6. The molecule has 8 aromatic rings. The van der Waals surface area contributed by atoms with E-state index in [2.05, 4.69) is 192 Å². The van der Waals surface area contributed by atoms with Crippen LogP contribution in [0.1, 0.15) is 75.3 Å². The minimum absolute atomic E-state index is 0.0706. The van der Waals surface area contributed by atoms with Crippen LogP contribution in [0.2, 0.25) is 0 Å². The summed E-state index contributed by atoms with van der Waals surface area (Å²) >= 11 is 0. The summed E-state index contributed by atoms with van der Waals surface area (Å²) in [5.74, 6) is 1.18. The zero-order chi connectivity index (χ0) is 40.3. The van der Waals surface area contributed by atoms with Crippen molar-refractivity contribution in [1.82, 2.24) is 0 Å². The van der Waals surface area contributed by atoms with Gasteiger partial charge in [-0.1, -0.05) is 154 Å². The summed E-state index contributed by atoms with van der Waals surface area (Å²) in [4.78, 5) is 5.06. The molecule has 0 saturated heterocycles. The first-order chi connectivity index (χ1) is 30.3. The van der Waals surface area contributed by atoms with Crippen LogP contribution in [0.5, 0.6) is 0 Å². The largest absolute Gasteiger partial charge is 0.310 e. The molecule has 61 heavy (non-hydrogen) atoms. The highest BCUT2D eigenvalue weighted by atomic mass is 15.1. The average molecular weight is 789 g/mol. The van der Waals surface area contributed by atoms with Crippen LogP contribution in [-0.4, -0.2) is 0 Å². The van der Waals surface area contributed by atoms with Crippen LogP contribution in [0.3, 0.4) is 0 Å². The molecule has 12 rings (SSSR count). The Hall–Kier alpha value is -6.38. The van der Waals surface area contributed by atoms with Crippen molar-refractivity contribution in [1.29, 1.82) is 0 Å². The van der Waals surface area contributed by atoms with Gasteiger partial charge in [-0.15, -0.1) is 0 Å². The molecule has 0 aromatic heterocycles. The fraction of sp³-hybridized carbons (Fsp3) is 0.220. The maximum absolute atomic E-state index is 2.68. The van der Waals surface area contributed by atoms with Gasteiger partial charge < -0.3 is 9.80 Å². The molecule has 0 unspecified atom stereocenters. The van der Waals surface area contributed by atoms with Gasteiger partial charge in [0.1, 0.15) is 0 Å².